The molecule has 2 rings (SSSR count). The van der Waals surface area contributed by atoms with Crippen LogP contribution >= 0.6 is 0 Å². The first-order chi connectivity index (χ1) is 10.1. The second kappa shape index (κ2) is 6.66. The molecule has 1 atom stereocenters. The summed E-state index contributed by atoms with van der Waals surface area (Å²) in [4.78, 5) is 22.6. The minimum absolute atomic E-state index is 0.315. The maximum Gasteiger partial charge on any atom is 0.372 e. The Hall–Kier alpha value is -2.68. The highest BCUT2D eigenvalue weighted by Crippen LogP contribution is 2.25. The first kappa shape index (κ1) is 14.7. The van der Waals surface area contributed by atoms with Crippen LogP contribution < -0.4 is 0 Å². The van der Waals surface area contributed by atoms with Crippen LogP contribution in [0.5, 0.6) is 0 Å². The van der Waals surface area contributed by atoms with Crippen molar-refractivity contribution in [1.29, 1.82) is 0 Å². The van der Waals surface area contributed by atoms with E-state index in [1.54, 1.807) is 18.2 Å². The molecule has 2 aromatic carbocycles. The molecule has 0 fully saturated rings. The molecule has 0 aromatic heterocycles. The Labute approximate surface area is 123 Å². The minimum Gasteiger partial charge on any atom is -0.475 e. The highest BCUT2D eigenvalue weighted by Gasteiger charge is 2.25. The number of hydrogen-bond acceptors (Lipinski definition) is 2. The number of carbonyl (C=O) groups excluding carboxylic acids is 1. The monoisotopic (exact) mass is 280 g/mol. The molecular weight excluding hydrogens is 264 g/mol. The van der Waals surface area contributed by atoms with Crippen LogP contribution in [-0.2, 0) is 9.59 Å². The van der Waals surface area contributed by atoms with E-state index in [4.69, 9.17) is 5.11 Å². The van der Waals surface area contributed by atoms with E-state index in [9.17, 15) is 9.59 Å². The summed E-state index contributed by atoms with van der Waals surface area (Å²) in [7, 11) is 0. The van der Waals surface area contributed by atoms with Crippen LogP contribution in [0.3, 0.4) is 0 Å². The van der Waals surface area contributed by atoms with Gasteiger partial charge in [-0.15, -0.1) is 6.58 Å². The Morgan fingerprint density at radius 1 is 1.00 bits per heavy atom. The highest BCUT2D eigenvalue weighted by atomic mass is 16.4. The van der Waals surface area contributed by atoms with Gasteiger partial charge in [0.05, 0.1) is 5.92 Å². The summed E-state index contributed by atoms with van der Waals surface area (Å²) in [5, 5.41) is 8.89. The van der Waals surface area contributed by atoms with Gasteiger partial charge in [0, 0.05) is 0 Å². The zero-order valence-corrected chi connectivity index (χ0v) is 11.5. The molecule has 21 heavy (non-hydrogen) atoms. The first-order valence-electron chi connectivity index (χ1n) is 6.67. The third kappa shape index (κ3) is 3.45. The Balaban J connectivity index is 2.30. The summed E-state index contributed by atoms with van der Waals surface area (Å²) in [6.45, 7) is 3.59. The normalized spacial score (nSPS) is 11.6. The van der Waals surface area contributed by atoms with Crippen LogP contribution in [-0.4, -0.2) is 16.9 Å². The molecule has 3 nitrogen and oxygen atoms in total. The van der Waals surface area contributed by atoms with Crippen LogP contribution in [0.1, 0.15) is 17.9 Å². The topological polar surface area (TPSA) is 54.4 Å². The Bertz CT molecular complexity index is 642. The fourth-order valence-electron chi connectivity index (χ4n) is 2.25. The van der Waals surface area contributed by atoms with E-state index >= 15 is 0 Å². The molecule has 0 spiro atoms. The second-order valence-electron chi connectivity index (χ2n) is 4.73. The van der Waals surface area contributed by atoms with Crippen LogP contribution in [0.4, 0.5) is 0 Å². The van der Waals surface area contributed by atoms with Crippen molar-refractivity contribution in [1.82, 2.24) is 0 Å². The van der Waals surface area contributed by atoms with Crippen LogP contribution in [0.15, 0.2) is 67.3 Å². The molecule has 0 aliphatic rings. The molecule has 0 heterocycles. The standard InChI is InChI=1S/C18H16O3/c1-2-6-16(17(19)18(20)21)15-11-9-14(10-12-15)13-7-4-3-5-8-13/h2-5,7-12,16H,1,6H2,(H,20,21). The van der Waals surface area contributed by atoms with Gasteiger partial charge in [-0.1, -0.05) is 60.7 Å². The van der Waals surface area contributed by atoms with Gasteiger partial charge < -0.3 is 5.11 Å². The smallest absolute Gasteiger partial charge is 0.372 e. The summed E-state index contributed by atoms with van der Waals surface area (Å²) < 4.78 is 0. The molecule has 0 aliphatic carbocycles. The van der Waals surface area contributed by atoms with Gasteiger partial charge in [0.2, 0.25) is 5.78 Å². The van der Waals surface area contributed by atoms with E-state index in [1.807, 2.05) is 42.5 Å². The number of hydrogen-bond donors (Lipinski definition) is 1. The summed E-state index contributed by atoms with van der Waals surface area (Å²) in [5.74, 6) is -2.89. The number of carboxylic acid groups (broad SMARTS) is 1. The molecule has 106 valence electrons. The van der Waals surface area contributed by atoms with E-state index in [1.165, 1.54) is 0 Å². The van der Waals surface area contributed by atoms with E-state index in [-0.39, 0.29) is 0 Å². The van der Waals surface area contributed by atoms with Crippen molar-refractivity contribution in [3.8, 4) is 11.1 Å². The van der Waals surface area contributed by atoms with Gasteiger partial charge in [0.1, 0.15) is 0 Å². The lowest BCUT2D eigenvalue weighted by atomic mass is 9.90. The van der Waals surface area contributed by atoms with E-state index in [2.05, 4.69) is 6.58 Å². The number of carbonyl (C=O) groups is 2. The fraction of sp³-hybridized carbons (Fsp3) is 0.111. The molecule has 1 N–H and O–H groups in total. The Kier molecular flexibility index (Phi) is 4.67. The van der Waals surface area contributed by atoms with Gasteiger partial charge >= 0.3 is 5.97 Å². The summed E-state index contributed by atoms with van der Waals surface area (Å²) in [5.41, 5.74) is 2.80. The molecule has 2 aromatic rings. The maximum atomic E-state index is 11.7. The average Bonchev–Trinajstić information content (AvgIpc) is 2.53. The molecule has 0 amide bonds. The van der Waals surface area contributed by atoms with Crippen LogP contribution in [0.25, 0.3) is 11.1 Å². The largest absolute Gasteiger partial charge is 0.475 e. The zero-order chi connectivity index (χ0) is 15.2. The molecule has 0 bridgehead atoms. The van der Waals surface area contributed by atoms with Crippen molar-refractivity contribution in [3.05, 3.63) is 72.8 Å². The molecule has 0 saturated heterocycles. The van der Waals surface area contributed by atoms with Gasteiger partial charge in [0.15, 0.2) is 0 Å². The first-order valence-corrected chi connectivity index (χ1v) is 6.67. The second-order valence-corrected chi connectivity index (χ2v) is 4.73. The summed E-state index contributed by atoms with van der Waals surface area (Å²) in [6, 6.07) is 17.3. The van der Waals surface area contributed by atoms with Gasteiger partial charge in [-0.05, 0) is 23.1 Å². The third-order valence-corrected chi connectivity index (χ3v) is 3.35. The van der Waals surface area contributed by atoms with Crippen molar-refractivity contribution in [2.45, 2.75) is 12.3 Å². The molecule has 0 saturated carbocycles. The fourth-order valence-corrected chi connectivity index (χ4v) is 2.25. The average molecular weight is 280 g/mol. The number of rotatable bonds is 6. The van der Waals surface area contributed by atoms with Gasteiger partial charge in [-0.25, -0.2) is 4.79 Å². The number of ketones is 1. The zero-order valence-electron chi connectivity index (χ0n) is 11.5. The van der Waals surface area contributed by atoms with Crippen molar-refractivity contribution in [2.75, 3.05) is 0 Å². The lowest BCUT2D eigenvalue weighted by Gasteiger charge is -2.12. The Morgan fingerprint density at radius 3 is 2.10 bits per heavy atom. The predicted molar refractivity (Wildman–Crippen MR) is 82.1 cm³/mol. The van der Waals surface area contributed by atoms with E-state index in [0.717, 1.165) is 11.1 Å². The molecule has 3 heteroatoms. The van der Waals surface area contributed by atoms with Gasteiger partial charge in [0.25, 0.3) is 0 Å². The lowest BCUT2D eigenvalue weighted by Crippen LogP contribution is -2.21. The summed E-state index contributed by atoms with van der Waals surface area (Å²) in [6.07, 6.45) is 1.88. The summed E-state index contributed by atoms with van der Waals surface area (Å²) >= 11 is 0. The molecule has 0 radical (unpaired) electrons. The van der Waals surface area contributed by atoms with Crippen molar-refractivity contribution in [3.63, 3.8) is 0 Å². The predicted octanol–water partition coefficient (Wildman–Crippen LogP) is 3.67. The lowest BCUT2D eigenvalue weighted by molar-refractivity contribution is -0.149. The minimum atomic E-state index is -1.41. The van der Waals surface area contributed by atoms with E-state index in [0.29, 0.717) is 12.0 Å². The van der Waals surface area contributed by atoms with Crippen LogP contribution in [0, 0.1) is 0 Å². The number of benzene rings is 2. The van der Waals surface area contributed by atoms with Crippen LogP contribution in [0.2, 0.25) is 0 Å². The van der Waals surface area contributed by atoms with Crippen molar-refractivity contribution in [2.24, 2.45) is 0 Å². The molecular formula is C18H16O3. The maximum absolute atomic E-state index is 11.7. The number of Topliss-reactive ketones (excluding diaryl/α,β-unsaturated/α-hetero) is 1. The number of allylic oxidation sites excluding steroid dienone is 1. The van der Waals surface area contributed by atoms with Crippen molar-refractivity contribution < 1.29 is 14.7 Å². The van der Waals surface area contributed by atoms with Crippen molar-refractivity contribution >= 4 is 11.8 Å². The highest BCUT2D eigenvalue weighted by molar-refractivity contribution is 6.35. The number of carboxylic acids is 1. The molecule has 1 unspecified atom stereocenters. The van der Waals surface area contributed by atoms with E-state index < -0.39 is 17.7 Å². The third-order valence-electron chi connectivity index (χ3n) is 3.35. The quantitative estimate of drug-likeness (QED) is 0.649. The van der Waals surface area contributed by atoms with Gasteiger partial charge in [-0.2, -0.15) is 0 Å². The molecule has 0 aliphatic heterocycles. The Morgan fingerprint density at radius 2 is 1.57 bits per heavy atom. The SMILES string of the molecule is C=CCC(C(=O)C(=O)O)c1ccc(-c2ccccc2)cc1. The van der Waals surface area contributed by atoms with Gasteiger partial charge in [-0.3, -0.25) is 4.79 Å². The number of aliphatic carboxylic acids is 1.